The van der Waals surface area contributed by atoms with Gasteiger partial charge in [-0.15, -0.1) is 0 Å². The van der Waals surface area contributed by atoms with Crippen LogP contribution >= 0.6 is 0 Å². The predicted molar refractivity (Wildman–Crippen MR) is 122 cm³/mol. The number of benzene rings is 2. The van der Waals surface area contributed by atoms with Gasteiger partial charge >= 0.3 is 6.18 Å². The second-order valence-electron chi connectivity index (χ2n) is 7.48. The average molecular weight is 483 g/mol. The minimum absolute atomic E-state index is 0.0799. The molecule has 0 aliphatic heterocycles. The van der Waals surface area contributed by atoms with Crippen LogP contribution in [0.4, 0.5) is 18.9 Å². The fourth-order valence-corrected chi connectivity index (χ4v) is 3.33. The van der Waals surface area contributed by atoms with Crippen molar-refractivity contribution < 1.29 is 27.5 Å². The lowest BCUT2D eigenvalue weighted by molar-refractivity contribution is -0.137. The van der Waals surface area contributed by atoms with Gasteiger partial charge in [0.15, 0.2) is 5.82 Å². The summed E-state index contributed by atoms with van der Waals surface area (Å²) in [5, 5.41) is 6.95. The van der Waals surface area contributed by atoms with E-state index >= 15 is 0 Å². The van der Waals surface area contributed by atoms with E-state index in [4.69, 9.17) is 10.5 Å². The summed E-state index contributed by atoms with van der Waals surface area (Å²) in [7, 11) is 0. The van der Waals surface area contributed by atoms with Gasteiger partial charge < -0.3 is 20.4 Å². The van der Waals surface area contributed by atoms with Gasteiger partial charge in [-0.05, 0) is 54.6 Å². The largest absolute Gasteiger partial charge is 0.493 e. The third-order valence-electron chi connectivity index (χ3n) is 4.98. The Balaban J connectivity index is 1.60. The third-order valence-corrected chi connectivity index (χ3v) is 4.98. The number of nitrogens with zero attached hydrogens (tertiary/aromatic N) is 3. The lowest BCUT2D eigenvalue weighted by Crippen LogP contribution is -2.16. The number of nitrogens with two attached hydrogens (primary N) is 1. The molecule has 2 heterocycles. The number of carbonyl (C=O) groups is 2. The number of carbonyl (C=O) groups excluding carboxylic acids is 2. The number of hydrogen-bond donors (Lipinski definition) is 2. The fraction of sp³-hybridized carbons (Fsp3) is 0.125. The number of amides is 2. The Morgan fingerprint density at radius 2 is 1.74 bits per heavy atom. The molecule has 3 N–H and O–H groups in total. The second kappa shape index (κ2) is 9.75. The standard InChI is InChI=1S/C24H20F3N5O3/c25-24(26,27)16-4-3-5-18(14-16)32-23(31-11-1-2-12-31)20(15-29-32)22(34)30-17-6-8-19(9-7-17)35-13-10-21(28)33/h1-9,11-12,14-15H,10,13H2,(H2,28,33)(H,30,34). The molecule has 0 atom stereocenters. The van der Waals surface area contributed by atoms with Gasteiger partial charge in [0.2, 0.25) is 5.91 Å². The molecule has 35 heavy (non-hydrogen) atoms. The number of aromatic nitrogens is 3. The van der Waals surface area contributed by atoms with Gasteiger partial charge in [0.1, 0.15) is 11.3 Å². The molecule has 2 aromatic carbocycles. The molecule has 180 valence electrons. The van der Waals surface area contributed by atoms with E-state index in [9.17, 15) is 22.8 Å². The van der Waals surface area contributed by atoms with Crippen molar-refractivity contribution in [3.8, 4) is 17.3 Å². The summed E-state index contributed by atoms with van der Waals surface area (Å²) in [6.07, 6.45) is 0.182. The van der Waals surface area contributed by atoms with E-state index in [0.29, 0.717) is 11.4 Å². The van der Waals surface area contributed by atoms with E-state index in [1.165, 1.54) is 23.0 Å². The highest BCUT2D eigenvalue weighted by molar-refractivity contribution is 6.06. The quantitative estimate of drug-likeness (QED) is 0.392. The number of ether oxygens (including phenoxy) is 1. The Morgan fingerprint density at radius 3 is 2.40 bits per heavy atom. The van der Waals surface area contributed by atoms with Crippen molar-refractivity contribution >= 4 is 17.5 Å². The van der Waals surface area contributed by atoms with Crippen LogP contribution in [0.1, 0.15) is 22.3 Å². The van der Waals surface area contributed by atoms with Crippen LogP contribution in [0.5, 0.6) is 5.75 Å². The van der Waals surface area contributed by atoms with Crippen LogP contribution in [0, 0.1) is 0 Å². The molecular weight excluding hydrogens is 463 g/mol. The summed E-state index contributed by atoms with van der Waals surface area (Å²) < 4.78 is 48.0. The number of alkyl halides is 3. The Hall–Kier alpha value is -4.54. The van der Waals surface area contributed by atoms with E-state index in [1.54, 1.807) is 53.4 Å². The van der Waals surface area contributed by atoms with Gasteiger partial charge in [-0.2, -0.15) is 18.3 Å². The minimum Gasteiger partial charge on any atom is -0.493 e. The van der Waals surface area contributed by atoms with Gasteiger partial charge in [-0.25, -0.2) is 4.68 Å². The monoisotopic (exact) mass is 483 g/mol. The van der Waals surface area contributed by atoms with Gasteiger partial charge in [0, 0.05) is 18.1 Å². The van der Waals surface area contributed by atoms with Crippen LogP contribution in [0.2, 0.25) is 0 Å². The Kier molecular flexibility index (Phi) is 6.58. The highest BCUT2D eigenvalue weighted by Crippen LogP contribution is 2.31. The van der Waals surface area contributed by atoms with Crippen LogP contribution in [0.15, 0.2) is 79.3 Å². The van der Waals surface area contributed by atoms with Crippen molar-refractivity contribution in [1.29, 1.82) is 0 Å². The maximum Gasteiger partial charge on any atom is 0.416 e. The molecule has 2 amide bonds. The summed E-state index contributed by atoms with van der Waals surface area (Å²) in [4.78, 5) is 23.9. The van der Waals surface area contributed by atoms with Crippen molar-refractivity contribution in [3.63, 3.8) is 0 Å². The SMILES string of the molecule is NC(=O)CCOc1ccc(NC(=O)c2cnn(-c3cccc(C(F)(F)F)c3)c2-n2cccc2)cc1. The van der Waals surface area contributed by atoms with E-state index in [-0.39, 0.29) is 30.1 Å². The highest BCUT2D eigenvalue weighted by atomic mass is 19.4. The molecule has 0 bridgehead atoms. The van der Waals surface area contributed by atoms with E-state index < -0.39 is 23.6 Å². The Labute approximate surface area is 197 Å². The summed E-state index contributed by atoms with van der Waals surface area (Å²) in [5.74, 6) is -0.208. The number of primary amides is 1. The summed E-state index contributed by atoms with van der Waals surface area (Å²) in [6, 6.07) is 14.6. The molecule has 0 spiro atoms. The molecule has 0 radical (unpaired) electrons. The first-order valence-electron chi connectivity index (χ1n) is 10.4. The van der Waals surface area contributed by atoms with E-state index in [1.807, 2.05) is 0 Å². The number of anilines is 1. The number of nitrogens with one attached hydrogen (secondary N) is 1. The Morgan fingerprint density at radius 1 is 1.03 bits per heavy atom. The van der Waals surface area contributed by atoms with Crippen molar-refractivity contribution in [3.05, 3.63) is 90.4 Å². The van der Waals surface area contributed by atoms with Gasteiger partial charge in [0.25, 0.3) is 5.91 Å². The lowest BCUT2D eigenvalue weighted by atomic mass is 10.2. The van der Waals surface area contributed by atoms with Crippen LogP contribution in [-0.2, 0) is 11.0 Å². The first-order valence-corrected chi connectivity index (χ1v) is 10.4. The number of rotatable bonds is 8. The van der Waals surface area contributed by atoms with Gasteiger partial charge in [-0.1, -0.05) is 6.07 Å². The first-order chi connectivity index (χ1) is 16.7. The Bertz CT molecular complexity index is 1330. The van der Waals surface area contributed by atoms with Crippen LogP contribution in [-0.4, -0.2) is 32.8 Å². The third kappa shape index (κ3) is 5.52. The lowest BCUT2D eigenvalue weighted by Gasteiger charge is -2.13. The van der Waals surface area contributed by atoms with Crippen LogP contribution in [0.25, 0.3) is 11.5 Å². The predicted octanol–water partition coefficient (Wildman–Crippen LogP) is 4.19. The second-order valence-corrected chi connectivity index (χ2v) is 7.48. The molecule has 0 unspecified atom stereocenters. The molecule has 0 aliphatic rings. The molecule has 2 aromatic heterocycles. The van der Waals surface area contributed by atoms with E-state index in [2.05, 4.69) is 10.4 Å². The van der Waals surface area contributed by atoms with Crippen molar-refractivity contribution in [1.82, 2.24) is 14.3 Å². The summed E-state index contributed by atoms with van der Waals surface area (Å²) in [5.41, 5.74) is 5.02. The van der Waals surface area contributed by atoms with Crippen molar-refractivity contribution in [2.24, 2.45) is 5.73 Å². The van der Waals surface area contributed by atoms with Gasteiger partial charge in [-0.3, -0.25) is 9.59 Å². The molecule has 8 nitrogen and oxygen atoms in total. The molecule has 0 aliphatic carbocycles. The average Bonchev–Trinajstić information content (AvgIpc) is 3.49. The maximum absolute atomic E-state index is 13.2. The molecule has 0 saturated carbocycles. The van der Waals surface area contributed by atoms with Crippen LogP contribution in [0.3, 0.4) is 0 Å². The zero-order valence-corrected chi connectivity index (χ0v) is 18.2. The van der Waals surface area contributed by atoms with Crippen molar-refractivity contribution in [2.75, 3.05) is 11.9 Å². The van der Waals surface area contributed by atoms with Crippen molar-refractivity contribution in [2.45, 2.75) is 12.6 Å². The number of halogens is 3. The molecule has 0 saturated heterocycles. The summed E-state index contributed by atoms with van der Waals surface area (Å²) >= 11 is 0. The summed E-state index contributed by atoms with van der Waals surface area (Å²) in [6.45, 7) is 0.135. The normalized spacial score (nSPS) is 11.3. The molecule has 4 aromatic rings. The van der Waals surface area contributed by atoms with Gasteiger partial charge in [0.05, 0.1) is 30.5 Å². The molecule has 4 rings (SSSR count). The smallest absolute Gasteiger partial charge is 0.416 e. The number of hydrogen-bond acceptors (Lipinski definition) is 4. The van der Waals surface area contributed by atoms with E-state index in [0.717, 1.165) is 12.1 Å². The molecular formula is C24H20F3N5O3. The molecule has 0 fully saturated rings. The van der Waals surface area contributed by atoms with Crippen LogP contribution < -0.4 is 15.8 Å². The highest BCUT2D eigenvalue weighted by Gasteiger charge is 2.31. The maximum atomic E-state index is 13.2. The topological polar surface area (TPSA) is 104 Å². The minimum atomic E-state index is -4.52. The first kappa shape index (κ1) is 23.6. The fourth-order valence-electron chi connectivity index (χ4n) is 3.33. The molecule has 11 heteroatoms. The zero-order valence-electron chi connectivity index (χ0n) is 18.2. The zero-order chi connectivity index (χ0) is 25.0.